The molecule has 0 rings (SSSR count). The van der Waals surface area contributed by atoms with Gasteiger partial charge in [0.2, 0.25) is 0 Å². The Kier molecular flexibility index (Phi) is 11.4. The van der Waals surface area contributed by atoms with Gasteiger partial charge in [0, 0.05) is 6.61 Å². The first-order valence-corrected chi connectivity index (χ1v) is 6.96. The highest BCUT2D eigenvalue weighted by atomic mass is 16.5. The van der Waals surface area contributed by atoms with Crippen molar-refractivity contribution < 1.29 is 30.3 Å². The largest absolute Gasteiger partial charge is 0.394 e. The van der Waals surface area contributed by atoms with Crippen molar-refractivity contribution in [3.8, 4) is 0 Å². The number of aliphatic hydroxyl groups excluding tert-OH is 5. The molecule has 19 heavy (non-hydrogen) atoms. The van der Waals surface area contributed by atoms with Crippen LogP contribution in [0.3, 0.4) is 0 Å². The van der Waals surface area contributed by atoms with Crippen molar-refractivity contribution >= 4 is 0 Å². The first-order chi connectivity index (χ1) is 9.08. The second-order valence-corrected chi connectivity index (χ2v) is 4.74. The van der Waals surface area contributed by atoms with Gasteiger partial charge in [0.05, 0.1) is 13.2 Å². The van der Waals surface area contributed by atoms with Crippen molar-refractivity contribution in [2.75, 3.05) is 19.8 Å². The van der Waals surface area contributed by atoms with Crippen LogP contribution in [0, 0.1) is 0 Å². The Balaban J connectivity index is 4.07. The second-order valence-electron chi connectivity index (χ2n) is 4.74. The summed E-state index contributed by atoms with van der Waals surface area (Å²) in [7, 11) is 0. The molecule has 0 aromatic heterocycles. The van der Waals surface area contributed by atoms with E-state index in [1.165, 1.54) is 0 Å². The Morgan fingerprint density at radius 3 is 1.95 bits per heavy atom. The van der Waals surface area contributed by atoms with Crippen LogP contribution in [-0.2, 0) is 4.74 Å². The molecule has 0 bridgehead atoms. The molecule has 0 aliphatic heterocycles. The summed E-state index contributed by atoms with van der Waals surface area (Å²) in [6.07, 6.45) is -0.0120. The molecular weight excluding hydrogens is 252 g/mol. The van der Waals surface area contributed by atoms with Crippen LogP contribution in [0.4, 0.5) is 0 Å². The van der Waals surface area contributed by atoms with Crippen LogP contribution in [0.2, 0.25) is 0 Å². The topological polar surface area (TPSA) is 110 Å². The minimum absolute atomic E-state index is 0.334. The molecule has 0 saturated carbocycles. The predicted molar refractivity (Wildman–Crippen MR) is 70.7 cm³/mol. The highest BCUT2D eigenvalue weighted by molar-refractivity contribution is 4.81. The van der Waals surface area contributed by atoms with E-state index in [0.717, 1.165) is 32.1 Å². The van der Waals surface area contributed by atoms with E-state index in [9.17, 15) is 15.3 Å². The fourth-order valence-electron chi connectivity index (χ4n) is 1.79. The first-order valence-electron chi connectivity index (χ1n) is 6.96. The maximum absolute atomic E-state index is 9.71. The summed E-state index contributed by atoms with van der Waals surface area (Å²) in [5, 5.41) is 46.3. The molecule has 6 nitrogen and oxygen atoms in total. The first kappa shape index (κ1) is 18.8. The Hall–Kier alpha value is -0.240. The zero-order valence-corrected chi connectivity index (χ0v) is 11.6. The lowest BCUT2D eigenvalue weighted by molar-refractivity contribution is -0.149. The van der Waals surface area contributed by atoms with Crippen molar-refractivity contribution in [3.63, 3.8) is 0 Å². The van der Waals surface area contributed by atoms with E-state index in [2.05, 4.69) is 6.92 Å². The molecule has 4 atom stereocenters. The normalized spacial score (nSPS) is 18.0. The molecule has 0 aliphatic carbocycles. The molecule has 0 aromatic carbocycles. The minimum Gasteiger partial charge on any atom is -0.394 e. The highest BCUT2D eigenvalue weighted by Crippen LogP contribution is 2.11. The van der Waals surface area contributed by atoms with Crippen molar-refractivity contribution in [1.29, 1.82) is 0 Å². The zero-order chi connectivity index (χ0) is 14.7. The van der Waals surface area contributed by atoms with Gasteiger partial charge in [-0.3, -0.25) is 0 Å². The monoisotopic (exact) mass is 280 g/mol. The van der Waals surface area contributed by atoms with Crippen LogP contribution in [0.5, 0.6) is 0 Å². The Bertz CT molecular complexity index is 202. The van der Waals surface area contributed by atoms with Gasteiger partial charge in [0.25, 0.3) is 0 Å². The van der Waals surface area contributed by atoms with E-state index in [1.807, 2.05) is 0 Å². The van der Waals surface area contributed by atoms with E-state index in [0.29, 0.717) is 6.61 Å². The Labute approximate surface area is 114 Å². The van der Waals surface area contributed by atoms with Gasteiger partial charge in [-0.25, -0.2) is 0 Å². The summed E-state index contributed by atoms with van der Waals surface area (Å²) in [6, 6.07) is 0. The highest BCUT2D eigenvalue weighted by Gasteiger charge is 2.32. The molecule has 6 heteroatoms. The van der Waals surface area contributed by atoms with Gasteiger partial charge in [-0.15, -0.1) is 0 Å². The minimum atomic E-state index is -1.43. The fraction of sp³-hybridized carbons (Fsp3) is 1.00. The summed E-state index contributed by atoms with van der Waals surface area (Å²) in [6.45, 7) is 1.25. The van der Waals surface area contributed by atoms with Crippen LogP contribution < -0.4 is 0 Å². The molecule has 4 unspecified atom stereocenters. The average molecular weight is 280 g/mol. The number of hydrogen-bond donors (Lipinski definition) is 5. The standard InChI is InChI=1S/C13H28O6/c1-2-3-4-5-6-7-19-13(11(17)9-15)12(18)10(16)8-14/h10-18H,2-9H2,1H3. The van der Waals surface area contributed by atoms with Gasteiger partial charge >= 0.3 is 0 Å². The lowest BCUT2D eigenvalue weighted by Gasteiger charge is -2.29. The fourth-order valence-corrected chi connectivity index (χ4v) is 1.79. The summed E-state index contributed by atoms with van der Waals surface area (Å²) in [5.74, 6) is 0. The van der Waals surface area contributed by atoms with Gasteiger partial charge in [-0.2, -0.15) is 0 Å². The molecule has 0 saturated heterocycles. The molecule has 0 fully saturated rings. The molecule has 0 spiro atoms. The molecule has 0 radical (unpaired) electrons. The van der Waals surface area contributed by atoms with Gasteiger partial charge < -0.3 is 30.3 Å². The van der Waals surface area contributed by atoms with Crippen LogP contribution in [0.15, 0.2) is 0 Å². The molecule has 5 N–H and O–H groups in total. The Morgan fingerprint density at radius 1 is 0.842 bits per heavy atom. The van der Waals surface area contributed by atoms with Crippen molar-refractivity contribution in [3.05, 3.63) is 0 Å². The molecule has 0 amide bonds. The van der Waals surface area contributed by atoms with Crippen molar-refractivity contribution in [2.24, 2.45) is 0 Å². The maximum Gasteiger partial charge on any atom is 0.114 e. The molecular formula is C13H28O6. The van der Waals surface area contributed by atoms with E-state index in [4.69, 9.17) is 14.9 Å². The number of ether oxygens (including phenoxy) is 1. The van der Waals surface area contributed by atoms with Gasteiger partial charge in [-0.05, 0) is 6.42 Å². The lowest BCUT2D eigenvalue weighted by Crippen LogP contribution is -2.48. The van der Waals surface area contributed by atoms with Gasteiger partial charge in [0.1, 0.15) is 24.4 Å². The Morgan fingerprint density at radius 2 is 1.42 bits per heavy atom. The molecule has 116 valence electrons. The number of hydrogen-bond acceptors (Lipinski definition) is 6. The lowest BCUT2D eigenvalue weighted by atomic mass is 10.0. The van der Waals surface area contributed by atoms with E-state index in [1.54, 1.807) is 0 Å². The summed E-state index contributed by atoms with van der Waals surface area (Å²) in [5.41, 5.74) is 0. The third kappa shape index (κ3) is 7.81. The zero-order valence-electron chi connectivity index (χ0n) is 11.6. The van der Waals surface area contributed by atoms with Crippen molar-refractivity contribution in [2.45, 2.75) is 63.4 Å². The second kappa shape index (κ2) is 11.6. The SMILES string of the molecule is CCCCCCCOC(C(O)CO)C(O)C(O)CO. The number of rotatable bonds is 12. The average Bonchev–Trinajstić information content (AvgIpc) is 2.44. The van der Waals surface area contributed by atoms with Crippen LogP contribution in [-0.4, -0.2) is 69.8 Å². The van der Waals surface area contributed by atoms with Gasteiger partial charge in [0.15, 0.2) is 0 Å². The maximum atomic E-state index is 9.71. The predicted octanol–water partition coefficient (Wildman–Crippen LogP) is -0.591. The molecule has 0 aromatic rings. The number of unbranched alkanes of at least 4 members (excludes halogenated alkanes) is 4. The molecule has 0 aliphatic rings. The third-order valence-corrected chi connectivity index (χ3v) is 3.04. The summed E-state index contributed by atoms with van der Waals surface area (Å²) >= 11 is 0. The van der Waals surface area contributed by atoms with Crippen molar-refractivity contribution in [1.82, 2.24) is 0 Å². The van der Waals surface area contributed by atoms with Crippen LogP contribution >= 0.6 is 0 Å². The van der Waals surface area contributed by atoms with E-state index < -0.39 is 37.6 Å². The smallest absolute Gasteiger partial charge is 0.114 e. The summed E-state index contributed by atoms with van der Waals surface area (Å²) < 4.78 is 5.33. The van der Waals surface area contributed by atoms with Gasteiger partial charge in [-0.1, -0.05) is 32.6 Å². The molecule has 0 heterocycles. The summed E-state index contributed by atoms with van der Waals surface area (Å²) in [4.78, 5) is 0. The van der Waals surface area contributed by atoms with Crippen LogP contribution in [0.1, 0.15) is 39.0 Å². The van der Waals surface area contributed by atoms with E-state index >= 15 is 0 Å². The van der Waals surface area contributed by atoms with E-state index in [-0.39, 0.29) is 0 Å². The number of aliphatic hydroxyl groups is 5. The quantitative estimate of drug-likeness (QED) is 0.306. The third-order valence-electron chi connectivity index (χ3n) is 3.04. The van der Waals surface area contributed by atoms with Crippen LogP contribution in [0.25, 0.3) is 0 Å².